The molecule has 5 heteroatoms. The second-order valence-corrected chi connectivity index (χ2v) is 8.07. The van der Waals surface area contributed by atoms with Crippen LogP contribution in [-0.4, -0.2) is 40.9 Å². The van der Waals surface area contributed by atoms with Crippen LogP contribution in [0.1, 0.15) is 24.0 Å². The smallest absolute Gasteiger partial charge is 0.226 e. The summed E-state index contributed by atoms with van der Waals surface area (Å²) in [6.45, 7) is 2.72. The Bertz CT molecular complexity index is 967. The van der Waals surface area contributed by atoms with Crippen molar-refractivity contribution in [2.75, 3.05) is 20.1 Å². The van der Waals surface area contributed by atoms with Crippen LogP contribution in [-0.2, 0) is 17.8 Å². The topological polar surface area (TPSA) is 58.1 Å². The Hall–Kier alpha value is -3.05. The first-order valence-electron chi connectivity index (χ1n) is 10.5. The highest BCUT2D eigenvalue weighted by Crippen LogP contribution is 2.38. The largest absolute Gasteiger partial charge is 0.359 e. The fourth-order valence-electron chi connectivity index (χ4n) is 4.48. The first kappa shape index (κ1) is 20.2. The average Bonchev–Trinajstić information content (AvgIpc) is 2.81. The Morgan fingerprint density at radius 3 is 2.47 bits per heavy atom. The average molecular weight is 401 g/mol. The molecular weight excluding hydrogens is 372 g/mol. The Kier molecular flexibility index (Phi) is 6.19. The summed E-state index contributed by atoms with van der Waals surface area (Å²) in [5.41, 5.74) is 4.33. The van der Waals surface area contributed by atoms with Gasteiger partial charge in [0.1, 0.15) is 0 Å². The summed E-state index contributed by atoms with van der Waals surface area (Å²) in [4.78, 5) is 23.9. The number of aromatic nitrogens is 2. The molecule has 1 aliphatic heterocycles. The number of hydrogen-bond donors (Lipinski definition) is 1. The summed E-state index contributed by atoms with van der Waals surface area (Å²) in [5, 5.41) is 2.94. The van der Waals surface area contributed by atoms with Gasteiger partial charge in [0, 0.05) is 43.9 Å². The van der Waals surface area contributed by atoms with Crippen molar-refractivity contribution in [1.29, 1.82) is 0 Å². The van der Waals surface area contributed by atoms with Gasteiger partial charge in [-0.25, -0.2) is 0 Å². The molecule has 0 bridgehead atoms. The highest BCUT2D eigenvalue weighted by Gasteiger charge is 2.41. The Labute approximate surface area is 178 Å². The Morgan fingerprint density at radius 2 is 1.77 bits per heavy atom. The zero-order chi connectivity index (χ0) is 20.8. The normalized spacial score (nSPS) is 16.2. The Morgan fingerprint density at radius 1 is 1.00 bits per heavy atom. The summed E-state index contributed by atoms with van der Waals surface area (Å²) in [6, 6.07) is 16.5. The summed E-state index contributed by atoms with van der Waals surface area (Å²) < 4.78 is 0. The summed E-state index contributed by atoms with van der Waals surface area (Å²) in [6.07, 6.45) is 9.78. The van der Waals surface area contributed by atoms with E-state index in [0.717, 1.165) is 50.0 Å². The standard InChI is InChI=1S/C25H28N4O/c1-26-24(30)25(10-15-29(16-11-25)19-20-8-13-27-14-9-20)17-21-5-2-3-7-23(21)22-6-4-12-28-18-22/h2-9,12-14,18H,10-11,15-17,19H2,1H3,(H,26,30). The Balaban J connectivity index is 1.54. The van der Waals surface area contributed by atoms with Gasteiger partial charge in [0.2, 0.25) is 5.91 Å². The van der Waals surface area contributed by atoms with Gasteiger partial charge in [-0.2, -0.15) is 0 Å². The van der Waals surface area contributed by atoms with E-state index in [1.807, 2.05) is 24.7 Å². The molecule has 3 aromatic rings. The van der Waals surface area contributed by atoms with Crippen LogP contribution in [0.4, 0.5) is 0 Å². The van der Waals surface area contributed by atoms with E-state index in [9.17, 15) is 4.79 Å². The number of likely N-dealkylation sites (tertiary alicyclic amines) is 1. The maximum atomic E-state index is 13.1. The second-order valence-electron chi connectivity index (χ2n) is 8.07. The molecule has 5 nitrogen and oxygen atoms in total. The molecule has 4 rings (SSSR count). The molecule has 1 fully saturated rings. The molecule has 1 aliphatic rings. The summed E-state index contributed by atoms with van der Waals surface area (Å²) in [5.74, 6) is 0.145. The summed E-state index contributed by atoms with van der Waals surface area (Å²) in [7, 11) is 1.75. The van der Waals surface area contributed by atoms with Crippen molar-refractivity contribution < 1.29 is 4.79 Å². The van der Waals surface area contributed by atoms with Gasteiger partial charge in [0.05, 0.1) is 5.41 Å². The van der Waals surface area contributed by atoms with Crippen molar-refractivity contribution in [2.45, 2.75) is 25.8 Å². The van der Waals surface area contributed by atoms with E-state index in [1.54, 1.807) is 13.2 Å². The van der Waals surface area contributed by atoms with Gasteiger partial charge in [-0.15, -0.1) is 0 Å². The van der Waals surface area contributed by atoms with Crippen LogP contribution in [0.3, 0.4) is 0 Å². The lowest BCUT2D eigenvalue weighted by atomic mass is 9.72. The number of nitrogens with zero attached hydrogens (tertiary/aromatic N) is 3. The highest BCUT2D eigenvalue weighted by atomic mass is 16.2. The lowest BCUT2D eigenvalue weighted by Crippen LogP contribution is -2.49. The molecule has 1 N–H and O–H groups in total. The van der Waals surface area contributed by atoms with Gasteiger partial charge in [0.25, 0.3) is 0 Å². The number of pyridine rings is 2. The number of hydrogen-bond acceptors (Lipinski definition) is 4. The molecule has 1 aromatic carbocycles. The minimum Gasteiger partial charge on any atom is -0.359 e. The van der Waals surface area contributed by atoms with Crippen molar-refractivity contribution in [3.8, 4) is 11.1 Å². The maximum absolute atomic E-state index is 13.1. The predicted molar refractivity (Wildman–Crippen MR) is 119 cm³/mol. The molecule has 0 spiro atoms. The van der Waals surface area contributed by atoms with Crippen LogP contribution in [0.15, 0.2) is 73.3 Å². The monoisotopic (exact) mass is 400 g/mol. The molecule has 0 unspecified atom stereocenters. The zero-order valence-electron chi connectivity index (χ0n) is 17.4. The molecule has 0 saturated carbocycles. The van der Waals surface area contributed by atoms with Crippen LogP contribution in [0.5, 0.6) is 0 Å². The van der Waals surface area contributed by atoms with Gasteiger partial charge in [-0.3, -0.25) is 19.7 Å². The number of carbonyl (C=O) groups is 1. The van der Waals surface area contributed by atoms with Crippen LogP contribution in [0.2, 0.25) is 0 Å². The maximum Gasteiger partial charge on any atom is 0.226 e. The fourth-order valence-corrected chi connectivity index (χ4v) is 4.48. The van der Waals surface area contributed by atoms with Crippen LogP contribution < -0.4 is 5.32 Å². The van der Waals surface area contributed by atoms with E-state index in [2.05, 4.69) is 62.6 Å². The third-order valence-electron chi connectivity index (χ3n) is 6.20. The van der Waals surface area contributed by atoms with Gasteiger partial charge < -0.3 is 5.32 Å². The summed E-state index contributed by atoms with van der Waals surface area (Å²) >= 11 is 0. The number of piperidine rings is 1. The predicted octanol–water partition coefficient (Wildman–Crippen LogP) is 3.71. The zero-order valence-corrected chi connectivity index (χ0v) is 17.4. The van der Waals surface area contributed by atoms with Crippen molar-refractivity contribution in [3.63, 3.8) is 0 Å². The number of nitrogens with one attached hydrogen (secondary N) is 1. The number of amides is 1. The minimum absolute atomic E-state index is 0.145. The molecule has 1 amide bonds. The van der Waals surface area contributed by atoms with Crippen molar-refractivity contribution in [2.24, 2.45) is 5.41 Å². The molecule has 0 aliphatic carbocycles. The van der Waals surface area contributed by atoms with E-state index in [1.165, 1.54) is 11.1 Å². The third kappa shape index (κ3) is 4.41. The first-order valence-corrected chi connectivity index (χ1v) is 10.5. The van der Waals surface area contributed by atoms with Gasteiger partial charge in [0.15, 0.2) is 0 Å². The number of benzene rings is 1. The lowest BCUT2D eigenvalue weighted by Gasteiger charge is -2.41. The van der Waals surface area contributed by atoms with E-state index < -0.39 is 0 Å². The first-order chi connectivity index (χ1) is 14.7. The number of carbonyl (C=O) groups excluding carboxylic acids is 1. The van der Waals surface area contributed by atoms with Crippen molar-refractivity contribution in [1.82, 2.24) is 20.2 Å². The van der Waals surface area contributed by atoms with E-state index >= 15 is 0 Å². The quantitative estimate of drug-likeness (QED) is 0.685. The van der Waals surface area contributed by atoms with E-state index in [4.69, 9.17) is 0 Å². The molecule has 0 atom stereocenters. The minimum atomic E-state index is -0.387. The van der Waals surface area contributed by atoms with Crippen molar-refractivity contribution >= 4 is 5.91 Å². The highest BCUT2D eigenvalue weighted by molar-refractivity contribution is 5.83. The van der Waals surface area contributed by atoms with Gasteiger partial charge >= 0.3 is 0 Å². The van der Waals surface area contributed by atoms with Crippen LogP contribution in [0, 0.1) is 5.41 Å². The molecule has 3 heterocycles. The SMILES string of the molecule is CNC(=O)C1(Cc2ccccc2-c2cccnc2)CCN(Cc2ccncc2)CC1. The second kappa shape index (κ2) is 9.18. The molecule has 30 heavy (non-hydrogen) atoms. The lowest BCUT2D eigenvalue weighted by molar-refractivity contribution is -0.133. The van der Waals surface area contributed by atoms with E-state index in [-0.39, 0.29) is 11.3 Å². The molecule has 2 aromatic heterocycles. The van der Waals surface area contributed by atoms with Crippen LogP contribution in [0.25, 0.3) is 11.1 Å². The molecule has 1 saturated heterocycles. The molecule has 0 radical (unpaired) electrons. The fraction of sp³-hybridized carbons (Fsp3) is 0.320. The third-order valence-corrected chi connectivity index (χ3v) is 6.20. The molecular formula is C25H28N4O. The molecule has 154 valence electrons. The van der Waals surface area contributed by atoms with Crippen LogP contribution >= 0.6 is 0 Å². The van der Waals surface area contributed by atoms with Gasteiger partial charge in [-0.1, -0.05) is 30.3 Å². The van der Waals surface area contributed by atoms with E-state index in [0.29, 0.717) is 0 Å². The van der Waals surface area contributed by atoms with Crippen molar-refractivity contribution in [3.05, 3.63) is 84.4 Å². The number of rotatable bonds is 6. The van der Waals surface area contributed by atoms with Gasteiger partial charge in [-0.05, 0) is 67.2 Å².